The largest absolute Gasteiger partial charge is 0.493 e. The summed E-state index contributed by atoms with van der Waals surface area (Å²) >= 11 is 0. The zero-order chi connectivity index (χ0) is 17.7. The van der Waals surface area contributed by atoms with Crippen molar-refractivity contribution in [2.45, 2.75) is 19.3 Å². The van der Waals surface area contributed by atoms with E-state index in [2.05, 4.69) is 0 Å². The van der Waals surface area contributed by atoms with Crippen molar-refractivity contribution >= 4 is 5.97 Å². The van der Waals surface area contributed by atoms with Gasteiger partial charge in [-0.3, -0.25) is 4.79 Å². The number of rotatable bonds is 7. The Morgan fingerprint density at radius 2 is 1.54 bits per heavy atom. The maximum absolute atomic E-state index is 11.8. The minimum Gasteiger partial charge on any atom is -0.493 e. The lowest BCUT2D eigenvalue weighted by atomic mass is 9.91. The molecule has 128 valence electrons. The number of aryl methyl sites for hydroxylation is 1. The highest BCUT2D eigenvalue weighted by Gasteiger charge is 2.24. The number of aliphatic carboxylic acids is 1. The molecule has 0 aliphatic carbocycles. The molecule has 0 saturated carbocycles. The first-order valence-corrected chi connectivity index (χ1v) is 7.58. The van der Waals surface area contributed by atoms with Gasteiger partial charge in [0.1, 0.15) is 0 Å². The van der Waals surface area contributed by atoms with E-state index in [0.717, 1.165) is 11.1 Å². The van der Waals surface area contributed by atoms with Gasteiger partial charge in [-0.1, -0.05) is 29.8 Å². The Morgan fingerprint density at radius 3 is 1.96 bits per heavy atom. The second kappa shape index (κ2) is 7.73. The minimum atomic E-state index is -0.898. The molecule has 2 aromatic rings. The first-order chi connectivity index (χ1) is 11.5. The van der Waals surface area contributed by atoms with Crippen molar-refractivity contribution in [2.24, 2.45) is 0 Å². The summed E-state index contributed by atoms with van der Waals surface area (Å²) < 4.78 is 15.9. The molecule has 0 spiro atoms. The zero-order valence-corrected chi connectivity index (χ0v) is 14.3. The van der Waals surface area contributed by atoms with Crippen LogP contribution in [0.3, 0.4) is 0 Å². The average Bonchev–Trinajstić information content (AvgIpc) is 2.59. The van der Waals surface area contributed by atoms with Gasteiger partial charge in [0.05, 0.1) is 27.2 Å². The number of benzene rings is 2. The van der Waals surface area contributed by atoms with Crippen LogP contribution in [-0.4, -0.2) is 32.4 Å². The quantitative estimate of drug-likeness (QED) is 0.842. The Labute approximate surface area is 141 Å². The van der Waals surface area contributed by atoms with Crippen molar-refractivity contribution in [3.05, 3.63) is 53.1 Å². The second-order valence-electron chi connectivity index (χ2n) is 5.54. The van der Waals surface area contributed by atoms with Crippen LogP contribution in [-0.2, 0) is 11.2 Å². The number of carbonyl (C=O) groups is 1. The Balaban J connectivity index is 2.43. The van der Waals surface area contributed by atoms with E-state index in [1.807, 2.05) is 31.2 Å². The van der Waals surface area contributed by atoms with Crippen molar-refractivity contribution in [3.8, 4) is 17.2 Å². The molecule has 1 N–H and O–H groups in total. The summed E-state index contributed by atoms with van der Waals surface area (Å²) in [5.41, 5.74) is 2.71. The van der Waals surface area contributed by atoms with Gasteiger partial charge in [-0.05, 0) is 36.6 Å². The molecule has 0 aliphatic rings. The molecule has 0 aliphatic heterocycles. The molecule has 0 amide bonds. The van der Waals surface area contributed by atoms with Crippen LogP contribution < -0.4 is 14.2 Å². The van der Waals surface area contributed by atoms with Crippen molar-refractivity contribution < 1.29 is 24.1 Å². The molecule has 24 heavy (non-hydrogen) atoms. The summed E-state index contributed by atoms with van der Waals surface area (Å²) in [7, 11) is 4.54. The molecular formula is C19H22O5. The Bertz CT molecular complexity index is 681. The molecule has 0 saturated heterocycles. The molecule has 5 heteroatoms. The summed E-state index contributed by atoms with van der Waals surface area (Å²) in [6.07, 6.45) is 0.383. The first-order valence-electron chi connectivity index (χ1n) is 7.58. The predicted molar refractivity (Wildman–Crippen MR) is 91.4 cm³/mol. The molecule has 0 bridgehead atoms. The first kappa shape index (κ1) is 17.7. The third-order valence-electron chi connectivity index (χ3n) is 3.95. The topological polar surface area (TPSA) is 65.0 Å². The fourth-order valence-electron chi connectivity index (χ4n) is 2.61. The predicted octanol–water partition coefficient (Wildman–Crippen LogP) is 3.43. The van der Waals surface area contributed by atoms with E-state index in [0.29, 0.717) is 29.2 Å². The van der Waals surface area contributed by atoms with Crippen LogP contribution in [0.4, 0.5) is 0 Å². The highest BCUT2D eigenvalue weighted by Crippen LogP contribution is 2.40. The van der Waals surface area contributed by atoms with E-state index < -0.39 is 11.9 Å². The van der Waals surface area contributed by atoms with Crippen molar-refractivity contribution in [3.63, 3.8) is 0 Å². The lowest BCUT2D eigenvalue weighted by molar-refractivity contribution is -0.138. The molecule has 2 aromatic carbocycles. The molecule has 1 atom stereocenters. The number of hydrogen-bond donors (Lipinski definition) is 1. The van der Waals surface area contributed by atoms with Crippen LogP contribution in [0.5, 0.6) is 17.2 Å². The molecule has 0 radical (unpaired) electrons. The van der Waals surface area contributed by atoms with Crippen LogP contribution in [0.25, 0.3) is 0 Å². The van der Waals surface area contributed by atoms with Gasteiger partial charge in [0.25, 0.3) is 0 Å². The Morgan fingerprint density at radius 1 is 1.00 bits per heavy atom. The molecular weight excluding hydrogens is 308 g/mol. The van der Waals surface area contributed by atoms with Crippen LogP contribution in [0.1, 0.15) is 22.6 Å². The molecule has 0 heterocycles. The van der Waals surface area contributed by atoms with Gasteiger partial charge in [0, 0.05) is 0 Å². The van der Waals surface area contributed by atoms with Gasteiger partial charge in [-0.15, -0.1) is 0 Å². The lowest BCUT2D eigenvalue weighted by Gasteiger charge is -2.18. The van der Waals surface area contributed by atoms with E-state index in [-0.39, 0.29) is 0 Å². The standard InChI is InChI=1S/C19H22O5/c1-12-5-7-13(8-6-12)9-15(19(20)21)14-10-16(22-2)18(24-4)17(11-14)23-3/h5-8,10-11,15H,9H2,1-4H3,(H,20,21). The summed E-state index contributed by atoms with van der Waals surface area (Å²) in [5, 5.41) is 9.68. The van der Waals surface area contributed by atoms with Crippen LogP contribution in [0, 0.1) is 6.92 Å². The number of hydrogen-bond acceptors (Lipinski definition) is 4. The average molecular weight is 330 g/mol. The Kier molecular flexibility index (Phi) is 5.68. The number of carboxylic acid groups (broad SMARTS) is 1. The van der Waals surface area contributed by atoms with E-state index in [9.17, 15) is 9.90 Å². The summed E-state index contributed by atoms with van der Waals surface area (Å²) in [6, 6.07) is 11.2. The number of methoxy groups -OCH3 is 3. The second-order valence-corrected chi connectivity index (χ2v) is 5.54. The molecule has 1 unspecified atom stereocenters. The normalized spacial score (nSPS) is 11.7. The SMILES string of the molecule is COc1cc(C(Cc2ccc(C)cc2)C(=O)O)cc(OC)c1OC. The van der Waals surface area contributed by atoms with E-state index >= 15 is 0 Å². The van der Waals surface area contributed by atoms with Gasteiger partial charge in [-0.25, -0.2) is 0 Å². The summed E-state index contributed by atoms with van der Waals surface area (Å²) in [5.74, 6) is -0.265. The third kappa shape index (κ3) is 3.79. The fourth-order valence-corrected chi connectivity index (χ4v) is 2.61. The molecule has 0 aromatic heterocycles. The van der Waals surface area contributed by atoms with Gasteiger partial charge < -0.3 is 19.3 Å². The maximum Gasteiger partial charge on any atom is 0.311 e. The highest BCUT2D eigenvalue weighted by molar-refractivity contribution is 5.77. The third-order valence-corrected chi connectivity index (χ3v) is 3.95. The van der Waals surface area contributed by atoms with Crippen molar-refractivity contribution in [1.82, 2.24) is 0 Å². The maximum atomic E-state index is 11.8. The lowest BCUT2D eigenvalue weighted by Crippen LogP contribution is -2.15. The van der Waals surface area contributed by atoms with E-state index in [4.69, 9.17) is 14.2 Å². The van der Waals surface area contributed by atoms with E-state index in [1.165, 1.54) is 21.3 Å². The van der Waals surface area contributed by atoms with Gasteiger partial charge in [0.2, 0.25) is 5.75 Å². The van der Waals surface area contributed by atoms with E-state index in [1.54, 1.807) is 12.1 Å². The van der Waals surface area contributed by atoms with Gasteiger partial charge >= 0.3 is 5.97 Å². The zero-order valence-electron chi connectivity index (χ0n) is 14.3. The smallest absolute Gasteiger partial charge is 0.311 e. The van der Waals surface area contributed by atoms with Crippen LogP contribution >= 0.6 is 0 Å². The monoisotopic (exact) mass is 330 g/mol. The molecule has 2 rings (SSSR count). The summed E-state index contributed by atoms with van der Waals surface area (Å²) in [6.45, 7) is 2.00. The van der Waals surface area contributed by atoms with Gasteiger partial charge in [0.15, 0.2) is 11.5 Å². The molecule has 5 nitrogen and oxygen atoms in total. The molecule has 0 fully saturated rings. The minimum absolute atomic E-state index is 0.383. The Hall–Kier alpha value is -2.69. The highest BCUT2D eigenvalue weighted by atomic mass is 16.5. The van der Waals surface area contributed by atoms with Crippen molar-refractivity contribution in [2.75, 3.05) is 21.3 Å². The van der Waals surface area contributed by atoms with Crippen LogP contribution in [0.2, 0.25) is 0 Å². The van der Waals surface area contributed by atoms with Crippen molar-refractivity contribution in [1.29, 1.82) is 0 Å². The number of ether oxygens (including phenoxy) is 3. The fraction of sp³-hybridized carbons (Fsp3) is 0.316. The number of carboxylic acids is 1. The van der Waals surface area contributed by atoms with Crippen LogP contribution in [0.15, 0.2) is 36.4 Å². The summed E-state index contributed by atoms with van der Waals surface area (Å²) in [4.78, 5) is 11.8. The van der Waals surface area contributed by atoms with Gasteiger partial charge in [-0.2, -0.15) is 0 Å².